The third kappa shape index (κ3) is 6.55. The summed E-state index contributed by atoms with van der Waals surface area (Å²) in [6.07, 6.45) is 0. The third-order valence-corrected chi connectivity index (χ3v) is 5.82. The maximum absolute atomic E-state index is 12.7. The average Bonchev–Trinajstić information content (AvgIpc) is 2.72. The Morgan fingerprint density at radius 3 is 2.40 bits per heavy atom. The largest absolute Gasteiger partial charge is 0.328 e. The summed E-state index contributed by atoms with van der Waals surface area (Å²) in [6, 6.07) is 15.5. The lowest BCUT2D eigenvalue weighted by atomic mass is 10.1. The van der Waals surface area contributed by atoms with E-state index in [4.69, 9.17) is 11.6 Å². The molecular formula is C23H31ClN4O2+2. The van der Waals surface area contributed by atoms with Crippen molar-refractivity contribution >= 4 is 29.1 Å². The molecule has 1 fully saturated rings. The summed E-state index contributed by atoms with van der Waals surface area (Å²) in [5, 5.41) is 3.47. The minimum atomic E-state index is -0.116. The average molecular weight is 431 g/mol. The first-order valence-electron chi connectivity index (χ1n) is 10.4. The molecule has 0 spiro atoms. The molecule has 1 aliphatic heterocycles. The molecule has 0 aromatic heterocycles. The highest BCUT2D eigenvalue weighted by Crippen LogP contribution is 2.12. The van der Waals surface area contributed by atoms with E-state index in [9.17, 15) is 9.59 Å². The summed E-state index contributed by atoms with van der Waals surface area (Å²) < 4.78 is 0. The lowest BCUT2D eigenvalue weighted by molar-refractivity contribution is -0.917. The number of hydrogen-bond donors (Lipinski definition) is 3. The summed E-state index contributed by atoms with van der Waals surface area (Å²) in [4.78, 5) is 29.2. The van der Waals surface area contributed by atoms with Crippen molar-refractivity contribution < 1.29 is 19.4 Å². The second-order valence-electron chi connectivity index (χ2n) is 8.10. The molecule has 0 aliphatic carbocycles. The number of halogens is 1. The van der Waals surface area contributed by atoms with Crippen LogP contribution in [-0.4, -0.2) is 63.0 Å². The van der Waals surface area contributed by atoms with E-state index in [-0.39, 0.29) is 18.4 Å². The molecule has 6 nitrogen and oxygen atoms in total. The molecule has 0 bridgehead atoms. The second kappa shape index (κ2) is 10.6. The highest BCUT2D eigenvalue weighted by Gasteiger charge is 2.26. The van der Waals surface area contributed by atoms with Crippen LogP contribution in [0.3, 0.4) is 0 Å². The van der Waals surface area contributed by atoms with Crippen LogP contribution in [0.1, 0.15) is 11.1 Å². The van der Waals surface area contributed by atoms with Crippen LogP contribution in [0.25, 0.3) is 0 Å². The van der Waals surface area contributed by atoms with Crippen LogP contribution in [0.15, 0.2) is 48.5 Å². The van der Waals surface area contributed by atoms with Gasteiger partial charge in [0.25, 0.3) is 11.8 Å². The van der Waals surface area contributed by atoms with E-state index in [1.54, 1.807) is 24.3 Å². The number of nitrogens with zero attached hydrogens (tertiary/aromatic N) is 1. The van der Waals surface area contributed by atoms with Gasteiger partial charge < -0.3 is 20.0 Å². The van der Waals surface area contributed by atoms with E-state index in [1.165, 1.54) is 16.0 Å². The summed E-state index contributed by atoms with van der Waals surface area (Å²) in [5.74, 6) is -0.00292. The maximum Gasteiger partial charge on any atom is 0.279 e. The number of amides is 2. The Hall–Kier alpha value is -2.41. The number of rotatable bonds is 7. The predicted molar refractivity (Wildman–Crippen MR) is 119 cm³/mol. The fraction of sp³-hybridized carbons (Fsp3) is 0.391. The van der Waals surface area contributed by atoms with Gasteiger partial charge in [0.2, 0.25) is 0 Å². The van der Waals surface area contributed by atoms with E-state index < -0.39 is 0 Å². The van der Waals surface area contributed by atoms with Crippen molar-refractivity contribution in [2.75, 3.05) is 51.6 Å². The van der Waals surface area contributed by atoms with Gasteiger partial charge in [-0.25, -0.2) is 0 Å². The molecule has 2 aromatic rings. The zero-order valence-corrected chi connectivity index (χ0v) is 18.5. The fourth-order valence-corrected chi connectivity index (χ4v) is 3.90. The molecule has 3 N–H and O–H groups in total. The quantitative estimate of drug-likeness (QED) is 0.580. The lowest BCUT2D eigenvalue weighted by Gasteiger charge is -2.32. The van der Waals surface area contributed by atoms with E-state index in [2.05, 4.69) is 36.5 Å². The van der Waals surface area contributed by atoms with Crippen molar-refractivity contribution in [3.05, 3.63) is 64.7 Å². The highest BCUT2D eigenvalue weighted by molar-refractivity contribution is 6.30. The van der Waals surface area contributed by atoms with Crippen molar-refractivity contribution in [2.24, 2.45) is 0 Å². The summed E-state index contributed by atoms with van der Waals surface area (Å²) in [5.41, 5.74) is 3.41. The first-order chi connectivity index (χ1) is 14.4. The number of aryl methyl sites for hydroxylation is 1. The van der Waals surface area contributed by atoms with Crippen molar-refractivity contribution in [3.63, 3.8) is 0 Å². The van der Waals surface area contributed by atoms with Gasteiger partial charge in [-0.05, 0) is 36.8 Å². The van der Waals surface area contributed by atoms with E-state index >= 15 is 0 Å². The third-order valence-electron chi connectivity index (χ3n) is 5.57. The molecule has 2 aromatic carbocycles. The summed E-state index contributed by atoms with van der Waals surface area (Å²) in [6.45, 7) is 7.16. The molecule has 0 saturated carbocycles. The molecule has 160 valence electrons. The number of likely N-dealkylation sites (N-methyl/N-ethyl adjacent to an activating group) is 1. The standard InChI is InChI=1S/C23H29ClN4O2/c1-18-5-3-4-6-19(18)15-27-11-13-28(14-12-27)23(30)17-26(2)16-22(29)25-21-9-7-20(24)8-10-21/h3-10H,11-17H2,1-2H3,(H,25,29)/p+2. The van der Waals surface area contributed by atoms with Crippen molar-refractivity contribution in [2.45, 2.75) is 13.5 Å². The first-order valence-corrected chi connectivity index (χ1v) is 10.8. The number of anilines is 1. The Balaban J connectivity index is 1.40. The minimum absolute atomic E-state index is 0.113. The minimum Gasteiger partial charge on any atom is -0.328 e. The molecule has 7 heteroatoms. The van der Waals surface area contributed by atoms with Crippen LogP contribution >= 0.6 is 11.6 Å². The topological polar surface area (TPSA) is 58.3 Å². The second-order valence-corrected chi connectivity index (χ2v) is 8.54. The molecule has 2 amide bonds. The number of benzene rings is 2. The molecule has 0 radical (unpaired) electrons. The predicted octanol–water partition coefficient (Wildman–Crippen LogP) is 0.0289. The Morgan fingerprint density at radius 1 is 1.07 bits per heavy atom. The summed E-state index contributed by atoms with van der Waals surface area (Å²) >= 11 is 5.86. The van der Waals surface area contributed by atoms with Gasteiger partial charge in [0.05, 0.1) is 33.2 Å². The summed E-state index contributed by atoms with van der Waals surface area (Å²) in [7, 11) is 1.87. The molecule has 30 heavy (non-hydrogen) atoms. The van der Waals surface area contributed by atoms with Gasteiger partial charge in [0.15, 0.2) is 13.1 Å². The van der Waals surface area contributed by atoms with Gasteiger partial charge in [0.1, 0.15) is 6.54 Å². The monoisotopic (exact) mass is 430 g/mol. The van der Waals surface area contributed by atoms with Crippen molar-refractivity contribution in [1.82, 2.24) is 4.90 Å². The van der Waals surface area contributed by atoms with E-state index in [0.717, 1.165) is 37.6 Å². The van der Waals surface area contributed by atoms with Crippen LogP contribution in [-0.2, 0) is 16.1 Å². The van der Waals surface area contributed by atoms with Gasteiger partial charge in [-0.3, -0.25) is 9.59 Å². The van der Waals surface area contributed by atoms with Crippen LogP contribution in [0.5, 0.6) is 0 Å². The Labute approximate surface area is 183 Å². The molecule has 1 heterocycles. The molecule has 1 aliphatic rings. The van der Waals surface area contributed by atoms with E-state index in [1.807, 2.05) is 11.9 Å². The van der Waals surface area contributed by atoms with E-state index in [0.29, 0.717) is 17.3 Å². The number of piperazine rings is 1. The van der Waals surface area contributed by atoms with Gasteiger partial charge in [-0.1, -0.05) is 35.9 Å². The molecular weight excluding hydrogens is 400 g/mol. The zero-order valence-electron chi connectivity index (χ0n) is 17.7. The number of carbonyl (C=O) groups is 2. The van der Waals surface area contributed by atoms with Crippen LogP contribution in [0.2, 0.25) is 5.02 Å². The number of nitrogens with one attached hydrogen (secondary N) is 3. The number of hydrogen-bond acceptors (Lipinski definition) is 2. The zero-order chi connectivity index (χ0) is 21.5. The van der Waals surface area contributed by atoms with Crippen LogP contribution < -0.4 is 15.1 Å². The van der Waals surface area contributed by atoms with Crippen molar-refractivity contribution in [3.8, 4) is 0 Å². The number of carbonyl (C=O) groups excluding carboxylic acids is 2. The van der Waals surface area contributed by atoms with Gasteiger partial charge in [-0.2, -0.15) is 0 Å². The first kappa shape index (κ1) is 22.3. The Morgan fingerprint density at radius 2 is 1.73 bits per heavy atom. The maximum atomic E-state index is 12.7. The normalized spacial score (nSPS) is 15.6. The smallest absolute Gasteiger partial charge is 0.279 e. The SMILES string of the molecule is Cc1ccccc1C[NH+]1CCN(C(=O)C[NH+](C)CC(=O)Nc2ccc(Cl)cc2)CC1. The Kier molecular flexibility index (Phi) is 7.85. The van der Waals surface area contributed by atoms with Crippen LogP contribution in [0.4, 0.5) is 5.69 Å². The fourth-order valence-electron chi connectivity index (χ4n) is 3.77. The van der Waals surface area contributed by atoms with Gasteiger partial charge in [-0.15, -0.1) is 0 Å². The number of quaternary nitrogens is 2. The molecule has 3 rings (SSSR count). The highest BCUT2D eigenvalue weighted by atomic mass is 35.5. The molecule has 1 saturated heterocycles. The van der Waals surface area contributed by atoms with Crippen molar-refractivity contribution in [1.29, 1.82) is 0 Å². The van der Waals surface area contributed by atoms with Crippen LogP contribution in [0, 0.1) is 6.92 Å². The lowest BCUT2D eigenvalue weighted by Crippen LogP contribution is -3.14. The van der Waals surface area contributed by atoms with Gasteiger partial charge in [0, 0.05) is 16.3 Å². The Bertz CT molecular complexity index is 864. The van der Waals surface area contributed by atoms with Gasteiger partial charge >= 0.3 is 0 Å². The molecule has 1 atom stereocenters. The molecule has 1 unspecified atom stereocenters.